The van der Waals surface area contributed by atoms with Gasteiger partial charge in [-0.3, -0.25) is 5.01 Å². The largest absolute Gasteiger partial charge is 0.334 e. The molecule has 2 N–H and O–H groups in total. The molecule has 1 aliphatic heterocycles. The quantitative estimate of drug-likeness (QED) is 0.625. The average Bonchev–Trinajstić information content (AvgIpc) is 2.23. The fraction of sp³-hybridized carbons (Fsp3) is 0.462. The van der Waals surface area contributed by atoms with E-state index < -0.39 is 0 Å². The molecule has 17 heavy (non-hydrogen) atoms. The summed E-state index contributed by atoms with van der Waals surface area (Å²) in [6.45, 7) is 6.24. The summed E-state index contributed by atoms with van der Waals surface area (Å²) in [4.78, 5) is 13.6. The molecule has 4 nitrogen and oxygen atoms in total. The molecule has 0 saturated carbocycles. The van der Waals surface area contributed by atoms with E-state index in [-0.39, 0.29) is 6.03 Å². The molecule has 1 saturated heterocycles. The molecule has 1 fully saturated rings. The Morgan fingerprint density at radius 2 is 1.82 bits per heavy atom. The van der Waals surface area contributed by atoms with E-state index in [1.54, 1.807) is 4.90 Å². The van der Waals surface area contributed by atoms with Gasteiger partial charge in [-0.15, -0.1) is 0 Å². The Morgan fingerprint density at radius 3 is 2.47 bits per heavy atom. The van der Waals surface area contributed by atoms with Crippen molar-refractivity contribution in [2.24, 2.45) is 5.84 Å². The molecule has 2 rings (SSSR count). The summed E-state index contributed by atoms with van der Waals surface area (Å²) in [5.41, 5.74) is 3.63. The zero-order chi connectivity index (χ0) is 12.4. The first kappa shape index (κ1) is 11.9. The highest BCUT2D eigenvalue weighted by Crippen LogP contribution is 2.14. The summed E-state index contributed by atoms with van der Waals surface area (Å²) >= 11 is 0. The molecule has 1 heterocycles. The van der Waals surface area contributed by atoms with Crippen molar-refractivity contribution in [3.05, 3.63) is 34.9 Å². The lowest BCUT2D eigenvalue weighted by Crippen LogP contribution is -2.52. The molecule has 0 radical (unpaired) electrons. The van der Waals surface area contributed by atoms with Crippen LogP contribution in [0.5, 0.6) is 0 Å². The molecule has 0 unspecified atom stereocenters. The van der Waals surface area contributed by atoms with Gasteiger partial charge in [-0.1, -0.05) is 29.3 Å². The third kappa shape index (κ3) is 2.77. The second-order valence-electron chi connectivity index (χ2n) is 4.75. The number of rotatable bonds is 2. The van der Waals surface area contributed by atoms with Gasteiger partial charge in [0.15, 0.2) is 0 Å². The third-order valence-electron chi connectivity index (χ3n) is 3.00. The van der Waals surface area contributed by atoms with Crippen LogP contribution in [0.3, 0.4) is 0 Å². The molecule has 4 heteroatoms. The van der Waals surface area contributed by atoms with E-state index in [0.29, 0.717) is 13.1 Å². The number of urea groups is 1. The molecule has 0 bridgehead atoms. The summed E-state index contributed by atoms with van der Waals surface area (Å²) in [6, 6.07) is 6.30. The number of hydrogen-bond acceptors (Lipinski definition) is 2. The Morgan fingerprint density at radius 1 is 1.18 bits per heavy atom. The van der Waals surface area contributed by atoms with Gasteiger partial charge in [0.2, 0.25) is 0 Å². The predicted octanol–water partition coefficient (Wildman–Crippen LogP) is 1.80. The van der Waals surface area contributed by atoms with Crippen molar-refractivity contribution < 1.29 is 4.79 Å². The van der Waals surface area contributed by atoms with Crippen LogP contribution in [-0.4, -0.2) is 29.0 Å². The van der Waals surface area contributed by atoms with Crippen molar-refractivity contribution in [2.75, 3.05) is 13.1 Å². The third-order valence-corrected chi connectivity index (χ3v) is 3.00. The van der Waals surface area contributed by atoms with Crippen molar-refractivity contribution in [3.63, 3.8) is 0 Å². The molecule has 0 spiro atoms. The number of carbonyl (C=O) groups is 1. The van der Waals surface area contributed by atoms with Crippen LogP contribution < -0.4 is 5.84 Å². The van der Waals surface area contributed by atoms with Gasteiger partial charge in [-0.05, 0) is 25.8 Å². The highest BCUT2D eigenvalue weighted by molar-refractivity contribution is 5.74. The molecule has 1 aromatic carbocycles. The normalized spacial score (nSPS) is 16.5. The topological polar surface area (TPSA) is 49.6 Å². The highest BCUT2D eigenvalue weighted by atomic mass is 16.2. The fourth-order valence-electron chi connectivity index (χ4n) is 2.33. The summed E-state index contributed by atoms with van der Waals surface area (Å²) in [7, 11) is 0. The smallest absolute Gasteiger partial charge is 0.319 e. The minimum absolute atomic E-state index is 0.0737. The van der Waals surface area contributed by atoms with Crippen LogP contribution in [0.15, 0.2) is 18.2 Å². The zero-order valence-electron chi connectivity index (χ0n) is 10.4. The molecule has 92 valence electrons. The molecular formula is C13H19N3O. The molecule has 0 aliphatic carbocycles. The van der Waals surface area contributed by atoms with E-state index in [9.17, 15) is 4.79 Å². The number of benzene rings is 1. The fourth-order valence-corrected chi connectivity index (χ4v) is 2.33. The van der Waals surface area contributed by atoms with Gasteiger partial charge in [0.25, 0.3) is 0 Å². The lowest BCUT2D eigenvalue weighted by atomic mass is 10.1. The maximum atomic E-state index is 11.8. The Balaban J connectivity index is 2.12. The first-order valence-corrected chi connectivity index (χ1v) is 5.94. The van der Waals surface area contributed by atoms with Crippen LogP contribution in [0.4, 0.5) is 4.79 Å². The number of carbonyl (C=O) groups excluding carboxylic acids is 1. The molecule has 2 amide bonds. The second-order valence-corrected chi connectivity index (χ2v) is 4.75. The number of nitrogens with two attached hydrogens (primary N) is 1. The molecular weight excluding hydrogens is 214 g/mol. The number of aryl methyl sites for hydroxylation is 2. The van der Waals surface area contributed by atoms with Gasteiger partial charge in [-0.2, -0.15) is 0 Å². The van der Waals surface area contributed by atoms with Gasteiger partial charge in [0.05, 0.1) is 0 Å². The number of amides is 2. The van der Waals surface area contributed by atoms with Crippen LogP contribution in [0.2, 0.25) is 0 Å². The molecule has 0 aromatic heterocycles. The Bertz CT molecular complexity index is 410. The van der Waals surface area contributed by atoms with Crippen LogP contribution in [0, 0.1) is 13.8 Å². The highest BCUT2D eigenvalue weighted by Gasteiger charge is 2.23. The predicted molar refractivity (Wildman–Crippen MR) is 67.2 cm³/mol. The molecule has 1 aromatic rings. The zero-order valence-corrected chi connectivity index (χ0v) is 10.4. The first-order valence-electron chi connectivity index (χ1n) is 5.94. The average molecular weight is 233 g/mol. The van der Waals surface area contributed by atoms with Crippen molar-refractivity contribution in [2.45, 2.75) is 26.8 Å². The van der Waals surface area contributed by atoms with Crippen molar-refractivity contribution in [1.29, 1.82) is 0 Å². The monoisotopic (exact) mass is 233 g/mol. The number of hydrazine groups is 1. The van der Waals surface area contributed by atoms with Gasteiger partial charge in [0.1, 0.15) is 0 Å². The number of hydrogen-bond donors (Lipinski definition) is 1. The van der Waals surface area contributed by atoms with E-state index in [4.69, 9.17) is 5.84 Å². The van der Waals surface area contributed by atoms with Gasteiger partial charge >= 0.3 is 6.03 Å². The van der Waals surface area contributed by atoms with Crippen molar-refractivity contribution in [1.82, 2.24) is 9.91 Å². The lowest BCUT2D eigenvalue weighted by Gasteiger charge is -2.32. The summed E-state index contributed by atoms with van der Waals surface area (Å²) in [5.74, 6) is 5.62. The second kappa shape index (κ2) is 4.75. The summed E-state index contributed by atoms with van der Waals surface area (Å²) in [5, 5.41) is 1.30. The van der Waals surface area contributed by atoms with E-state index in [1.807, 2.05) is 0 Å². The Labute approximate surface area is 102 Å². The Kier molecular flexibility index (Phi) is 3.33. The molecule has 0 atom stereocenters. The molecule has 1 aliphatic rings. The van der Waals surface area contributed by atoms with Crippen LogP contribution >= 0.6 is 0 Å². The van der Waals surface area contributed by atoms with Gasteiger partial charge < -0.3 is 4.90 Å². The van der Waals surface area contributed by atoms with Crippen LogP contribution in [-0.2, 0) is 6.54 Å². The summed E-state index contributed by atoms with van der Waals surface area (Å²) in [6.07, 6.45) is 0.938. The van der Waals surface area contributed by atoms with E-state index >= 15 is 0 Å². The minimum atomic E-state index is -0.0737. The van der Waals surface area contributed by atoms with E-state index in [1.165, 1.54) is 21.7 Å². The lowest BCUT2D eigenvalue weighted by molar-refractivity contribution is 0.127. The van der Waals surface area contributed by atoms with E-state index in [2.05, 4.69) is 32.0 Å². The minimum Gasteiger partial charge on any atom is -0.319 e. The van der Waals surface area contributed by atoms with Crippen LogP contribution in [0.1, 0.15) is 23.1 Å². The van der Waals surface area contributed by atoms with Gasteiger partial charge in [0, 0.05) is 19.6 Å². The first-order chi connectivity index (χ1) is 8.06. The maximum absolute atomic E-state index is 11.8. The van der Waals surface area contributed by atoms with Crippen molar-refractivity contribution >= 4 is 6.03 Å². The maximum Gasteiger partial charge on any atom is 0.334 e. The van der Waals surface area contributed by atoms with Gasteiger partial charge in [-0.25, -0.2) is 10.6 Å². The Hall–Kier alpha value is -1.55. The standard InChI is InChI=1S/C13H19N3O/c1-10-6-11(2)8-12(7-10)9-15-4-3-5-16(14)13(15)17/h6-8H,3-5,9,14H2,1-2H3. The SMILES string of the molecule is Cc1cc(C)cc(CN2CCCN(N)C2=O)c1. The van der Waals surface area contributed by atoms with Crippen LogP contribution in [0.25, 0.3) is 0 Å². The summed E-state index contributed by atoms with van der Waals surface area (Å²) < 4.78 is 0. The van der Waals surface area contributed by atoms with Crippen molar-refractivity contribution in [3.8, 4) is 0 Å². The van der Waals surface area contributed by atoms with E-state index in [0.717, 1.165) is 13.0 Å². The number of nitrogens with zero attached hydrogens (tertiary/aromatic N) is 2.